The van der Waals surface area contributed by atoms with Crippen molar-refractivity contribution in [3.8, 4) is 0 Å². The Bertz CT molecular complexity index is 1750. The van der Waals surface area contributed by atoms with E-state index in [1.165, 1.54) is 0 Å². The SMILES string of the molecule is CCCCC1(CCCC)C(=CC2=C([O-])C(=CC3=[N+](C)c4ccc(C(=O)O)cc4C3(C)C)C2=O)N(C)c2ccc(C(=O)OCC)cc21. The highest BCUT2D eigenvalue weighted by molar-refractivity contribution is 6.24. The monoisotopic (exact) mass is 624 g/mol. The molecule has 0 amide bonds. The van der Waals surface area contributed by atoms with Gasteiger partial charge in [-0.05, 0) is 75.6 Å². The number of unbranched alkanes of at least 4 members (excludes halogenated alkanes) is 2. The minimum atomic E-state index is -1.00. The second kappa shape index (κ2) is 12.4. The number of benzene rings is 2. The number of rotatable bonds is 11. The summed E-state index contributed by atoms with van der Waals surface area (Å²) in [5.41, 5.74) is 5.24. The van der Waals surface area contributed by atoms with Gasteiger partial charge in [-0.3, -0.25) is 4.79 Å². The normalized spacial score (nSPS) is 19.5. The first-order chi connectivity index (χ1) is 21.8. The molecule has 3 aliphatic rings. The van der Waals surface area contributed by atoms with E-state index in [1.54, 1.807) is 43.3 Å². The lowest BCUT2D eigenvalue weighted by Gasteiger charge is -2.36. The number of hydrogen-bond donors (Lipinski definition) is 1. The van der Waals surface area contributed by atoms with E-state index >= 15 is 0 Å². The fourth-order valence-electron chi connectivity index (χ4n) is 7.38. The Morgan fingerprint density at radius 2 is 1.61 bits per heavy atom. The molecule has 0 aromatic heterocycles. The Labute approximate surface area is 271 Å². The van der Waals surface area contributed by atoms with Crippen LogP contribution in [0.2, 0.25) is 0 Å². The summed E-state index contributed by atoms with van der Waals surface area (Å²) in [5, 5.41) is 23.3. The Morgan fingerprint density at radius 1 is 0.978 bits per heavy atom. The highest BCUT2D eigenvalue weighted by atomic mass is 16.5. The summed E-state index contributed by atoms with van der Waals surface area (Å²) in [6.07, 6.45) is 8.98. The molecule has 8 heteroatoms. The van der Waals surface area contributed by atoms with Crippen molar-refractivity contribution in [3.63, 3.8) is 0 Å². The number of allylic oxidation sites excluding steroid dienone is 5. The number of fused-ring (bicyclic) bond motifs is 2. The van der Waals surface area contributed by atoms with Gasteiger partial charge < -0.3 is 19.8 Å². The average molecular weight is 625 g/mol. The van der Waals surface area contributed by atoms with Crippen LogP contribution in [-0.4, -0.2) is 53.8 Å². The van der Waals surface area contributed by atoms with Crippen LogP contribution >= 0.6 is 0 Å². The van der Waals surface area contributed by atoms with Crippen LogP contribution in [0.4, 0.5) is 11.4 Å². The van der Waals surface area contributed by atoms with E-state index in [9.17, 15) is 24.6 Å². The Hall–Kier alpha value is -4.46. The van der Waals surface area contributed by atoms with Gasteiger partial charge in [0, 0.05) is 52.7 Å². The number of carbonyl (C=O) groups excluding carboxylic acids is 2. The van der Waals surface area contributed by atoms with E-state index in [0.717, 1.165) is 72.4 Å². The van der Waals surface area contributed by atoms with E-state index in [2.05, 4.69) is 18.7 Å². The number of hydrogen-bond acceptors (Lipinski definition) is 6. The molecule has 0 spiro atoms. The maximum absolute atomic E-state index is 13.8. The molecule has 0 fully saturated rings. The van der Waals surface area contributed by atoms with E-state index < -0.39 is 16.8 Å². The van der Waals surface area contributed by atoms with Crippen molar-refractivity contribution < 1.29 is 33.9 Å². The number of ether oxygens (including phenoxy) is 1. The Kier molecular flexibility index (Phi) is 8.86. The average Bonchev–Trinajstić information content (AvgIpc) is 3.38. The number of carboxylic acids is 1. The van der Waals surface area contributed by atoms with Crippen LogP contribution in [0.1, 0.15) is 105 Å². The van der Waals surface area contributed by atoms with Crippen LogP contribution in [0.25, 0.3) is 0 Å². The summed E-state index contributed by atoms with van der Waals surface area (Å²) in [6.45, 7) is 10.3. The summed E-state index contributed by atoms with van der Waals surface area (Å²) in [4.78, 5) is 40.2. The summed E-state index contributed by atoms with van der Waals surface area (Å²) < 4.78 is 7.24. The molecule has 1 N–H and O–H groups in total. The second-order valence-electron chi connectivity index (χ2n) is 13.1. The van der Waals surface area contributed by atoms with Crippen LogP contribution < -0.4 is 10.0 Å². The maximum Gasteiger partial charge on any atom is 0.338 e. The van der Waals surface area contributed by atoms with E-state index in [0.29, 0.717) is 5.56 Å². The molecule has 5 rings (SSSR count). The minimum absolute atomic E-state index is 0.128. The fraction of sp³-hybridized carbons (Fsp3) is 0.421. The highest BCUT2D eigenvalue weighted by Gasteiger charge is 2.47. The first kappa shape index (κ1) is 32.9. The predicted molar refractivity (Wildman–Crippen MR) is 177 cm³/mol. The molecule has 0 unspecified atom stereocenters. The van der Waals surface area contributed by atoms with Gasteiger partial charge in [-0.25, -0.2) is 9.59 Å². The number of carbonyl (C=O) groups is 3. The molecule has 1 aliphatic carbocycles. The fourth-order valence-corrected chi connectivity index (χ4v) is 7.38. The van der Waals surface area contributed by atoms with Gasteiger partial charge >= 0.3 is 11.9 Å². The molecule has 0 atom stereocenters. The second-order valence-corrected chi connectivity index (χ2v) is 13.1. The molecule has 2 aromatic carbocycles. The molecule has 0 radical (unpaired) electrons. The van der Waals surface area contributed by atoms with Gasteiger partial charge in [0.25, 0.3) is 0 Å². The van der Waals surface area contributed by atoms with Crippen LogP contribution in [-0.2, 0) is 20.4 Å². The third kappa shape index (κ3) is 5.17. The molecule has 0 saturated carbocycles. The topological polar surface area (TPSA) is 110 Å². The van der Waals surface area contributed by atoms with Gasteiger partial charge in [0.15, 0.2) is 11.5 Å². The molecule has 0 bridgehead atoms. The van der Waals surface area contributed by atoms with Crippen molar-refractivity contribution in [1.82, 2.24) is 0 Å². The van der Waals surface area contributed by atoms with Gasteiger partial charge in [0.05, 0.1) is 23.1 Å². The molecule has 2 heterocycles. The van der Waals surface area contributed by atoms with Crippen LogP contribution in [0.15, 0.2) is 71.2 Å². The number of esters is 1. The zero-order valence-electron chi connectivity index (χ0n) is 28.0. The van der Waals surface area contributed by atoms with Crippen LogP contribution in [0, 0.1) is 0 Å². The number of aromatic carboxylic acids is 1. The lowest BCUT2D eigenvalue weighted by molar-refractivity contribution is -0.401. The van der Waals surface area contributed by atoms with Crippen molar-refractivity contribution in [2.24, 2.45) is 0 Å². The van der Waals surface area contributed by atoms with Crippen molar-refractivity contribution in [2.45, 2.75) is 84.0 Å². The minimum Gasteiger partial charge on any atom is -0.871 e. The van der Waals surface area contributed by atoms with Gasteiger partial charge in [0.1, 0.15) is 7.05 Å². The van der Waals surface area contributed by atoms with Gasteiger partial charge in [-0.1, -0.05) is 45.3 Å². The van der Waals surface area contributed by atoms with Gasteiger partial charge in [0.2, 0.25) is 5.69 Å². The molecule has 242 valence electrons. The predicted octanol–water partition coefficient (Wildman–Crippen LogP) is 6.34. The first-order valence-corrected chi connectivity index (χ1v) is 16.3. The quantitative estimate of drug-likeness (QED) is 0.176. The van der Waals surface area contributed by atoms with Gasteiger partial charge in [-0.2, -0.15) is 4.58 Å². The number of carboxylic acid groups (broad SMARTS) is 1. The molecular weight excluding hydrogens is 580 g/mol. The zero-order chi connectivity index (χ0) is 33.6. The van der Waals surface area contributed by atoms with Crippen LogP contribution in [0.5, 0.6) is 0 Å². The number of Topliss-reactive ketones (excluding diaryl/α,β-unsaturated/α-hetero) is 1. The molecule has 2 aliphatic heterocycles. The molecule has 8 nitrogen and oxygen atoms in total. The molecule has 2 aromatic rings. The largest absolute Gasteiger partial charge is 0.871 e. The Balaban J connectivity index is 1.60. The van der Waals surface area contributed by atoms with Crippen molar-refractivity contribution in [3.05, 3.63) is 93.4 Å². The lowest BCUT2D eigenvalue weighted by atomic mass is 9.70. The van der Waals surface area contributed by atoms with Crippen molar-refractivity contribution in [1.29, 1.82) is 0 Å². The number of anilines is 1. The summed E-state index contributed by atoms with van der Waals surface area (Å²) in [5.74, 6) is -1.96. The lowest BCUT2D eigenvalue weighted by Crippen LogP contribution is -2.35. The first-order valence-electron chi connectivity index (χ1n) is 16.3. The van der Waals surface area contributed by atoms with Crippen LogP contribution in [0.3, 0.4) is 0 Å². The standard InChI is InChI=1S/C38H44N2O6/c1-8-11-17-38(18-12-9-2)28-20-24(36(45)46-10-3)14-16-30(28)40(7)32(38)22-26-33(41)25(34(26)42)21-31-37(4,5)27-19-23(35(43)44)13-15-29(27)39(31)6/h13-16,19-22H,8-12,17-18H2,1-7H3,(H-,41,42,43,44). The van der Waals surface area contributed by atoms with Crippen molar-refractivity contribution in [2.75, 3.05) is 25.6 Å². The summed E-state index contributed by atoms with van der Waals surface area (Å²) in [7, 11) is 3.83. The summed E-state index contributed by atoms with van der Waals surface area (Å²) >= 11 is 0. The van der Waals surface area contributed by atoms with E-state index in [-0.39, 0.29) is 40.8 Å². The molecule has 0 saturated heterocycles. The highest BCUT2D eigenvalue weighted by Crippen LogP contribution is 2.54. The molecule has 46 heavy (non-hydrogen) atoms. The van der Waals surface area contributed by atoms with E-state index in [1.807, 2.05) is 44.7 Å². The number of nitrogens with zero attached hydrogens (tertiary/aromatic N) is 2. The zero-order valence-corrected chi connectivity index (χ0v) is 28.0. The van der Waals surface area contributed by atoms with Gasteiger partial charge in [-0.15, -0.1) is 0 Å². The third-order valence-corrected chi connectivity index (χ3v) is 9.97. The number of likely N-dealkylation sites (N-methyl/N-ethyl adjacent to an activating group) is 1. The third-order valence-electron chi connectivity index (χ3n) is 9.97. The van der Waals surface area contributed by atoms with Crippen molar-refractivity contribution >= 4 is 34.8 Å². The smallest absolute Gasteiger partial charge is 0.338 e. The number of ketones is 1. The summed E-state index contributed by atoms with van der Waals surface area (Å²) in [6, 6.07) is 10.7. The Morgan fingerprint density at radius 3 is 2.20 bits per heavy atom. The van der Waals surface area contributed by atoms with E-state index in [4.69, 9.17) is 4.74 Å². The molecular formula is C38H44N2O6. The maximum atomic E-state index is 13.8.